The molecule has 0 spiro atoms. The molecule has 1 aromatic heterocycles. The maximum absolute atomic E-state index is 13.4. The first-order chi connectivity index (χ1) is 13.2. The first-order valence-electron chi connectivity index (χ1n) is 9.25. The summed E-state index contributed by atoms with van der Waals surface area (Å²) >= 11 is 0. The standard InChI is InChI=1S/C19H23F2N5O/c20-15-9-14(10-16(21)11-15)12-25-4-2-17(13-25)23-19-22-3-1-18(24-19)26-5-7-27-8-6-26/h1,3,9-11,17H,2,4-8,12-13H2,(H,22,23,24). The molecule has 2 aromatic rings. The van der Waals surface area contributed by atoms with Gasteiger partial charge in [0.25, 0.3) is 0 Å². The van der Waals surface area contributed by atoms with E-state index in [0.717, 1.165) is 44.5 Å². The smallest absolute Gasteiger partial charge is 0.224 e. The van der Waals surface area contributed by atoms with Crippen LogP contribution in [-0.4, -0.2) is 60.3 Å². The number of morpholine rings is 1. The van der Waals surface area contributed by atoms with Crippen LogP contribution in [0.3, 0.4) is 0 Å². The number of hydrogen-bond donors (Lipinski definition) is 1. The Bertz CT molecular complexity index is 764. The SMILES string of the molecule is Fc1cc(F)cc(CN2CCC(Nc3nccc(N4CCOCC4)n3)C2)c1. The number of aromatic nitrogens is 2. The van der Waals surface area contributed by atoms with Gasteiger partial charge in [-0.1, -0.05) is 0 Å². The quantitative estimate of drug-likeness (QED) is 0.865. The molecule has 6 nitrogen and oxygen atoms in total. The number of anilines is 2. The summed E-state index contributed by atoms with van der Waals surface area (Å²) in [4.78, 5) is 13.3. The fourth-order valence-electron chi connectivity index (χ4n) is 3.62. The Labute approximate surface area is 157 Å². The van der Waals surface area contributed by atoms with E-state index in [1.54, 1.807) is 6.20 Å². The lowest BCUT2D eigenvalue weighted by atomic mass is 10.2. The van der Waals surface area contributed by atoms with Crippen molar-refractivity contribution < 1.29 is 13.5 Å². The molecule has 27 heavy (non-hydrogen) atoms. The molecular weight excluding hydrogens is 352 g/mol. The zero-order chi connectivity index (χ0) is 18.6. The van der Waals surface area contributed by atoms with E-state index in [-0.39, 0.29) is 6.04 Å². The van der Waals surface area contributed by atoms with E-state index in [1.807, 2.05) is 6.07 Å². The summed E-state index contributed by atoms with van der Waals surface area (Å²) in [5.74, 6) is 0.447. The molecule has 1 unspecified atom stereocenters. The fraction of sp³-hybridized carbons (Fsp3) is 0.474. The van der Waals surface area contributed by atoms with Gasteiger partial charge < -0.3 is 15.0 Å². The minimum atomic E-state index is -0.535. The Hall–Kier alpha value is -2.32. The number of benzene rings is 1. The second kappa shape index (κ2) is 8.14. The number of halogens is 2. The molecule has 2 saturated heterocycles. The Morgan fingerprint density at radius 1 is 1.11 bits per heavy atom. The van der Waals surface area contributed by atoms with E-state index in [4.69, 9.17) is 4.74 Å². The van der Waals surface area contributed by atoms with E-state index in [0.29, 0.717) is 31.3 Å². The van der Waals surface area contributed by atoms with E-state index < -0.39 is 11.6 Å². The highest BCUT2D eigenvalue weighted by atomic mass is 19.1. The summed E-state index contributed by atoms with van der Waals surface area (Å²) in [6.45, 7) is 5.26. The Balaban J connectivity index is 1.34. The van der Waals surface area contributed by atoms with Crippen molar-refractivity contribution >= 4 is 11.8 Å². The third-order valence-electron chi connectivity index (χ3n) is 4.91. The summed E-state index contributed by atoms with van der Waals surface area (Å²) in [7, 11) is 0. The van der Waals surface area contributed by atoms with Gasteiger partial charge in [-0.3, -0.25) is 4.90 Å². The van der Waals surface area contributed by atoms with Crippen LogP contribution in [0, 0.1) is 11.6 Å². The Morgan fingerprint density at radius 3 is 2.67 bits per heavy atom. The lowest BCUT2D eigenvalue weighted by Gasteiger charge is -2.28. The molecule has 144 valence electrons. The molecule has 0 amide bonds. The van der Waals surface area contributed by atoms with Gasteiger partial charge in [0.1, 0.15) is 17.5 Å². The lowest BCUT2D eigenvalue weighted by molar-refractivity contribution is 0.122. The van der Waals surface area contributed by atoms with Crippen LogP contribution in [-0.2, 0) is 11.3 Å². The molecule has 0 bridgehead atoms. The molecule has 0 saturated carbocycles. The minimum Gasteiger partial charge on any atom is -0.378 e. The van der Waals surface area contributed by atoms with Crippen molar-refractivity contribution in [2.45, 2.75) is 19.0 Å². The van der Waals surface area contributed by atoms with Crippen LogP contribution < -0.4 is 10.2 Å². The van der Waals surface area contributed by atoms with Crippen LogP contribution in [0.2, 0.25) is 0 Å². The van der Waals surface area contributed by atoms with E-state index in [2.05, 4.69) is 25.1 Å². The zero-order valence-electron chi connectivity index (χ0n) is 15.1. The fourth-order valence-corrected chi connectivity index (χ4v) is 3.62. The molecule has 3 heterocycles. The average molecular weight is 375 g/mol. The molecule has 8 heteroatoms. The molecule has 2 fully saturated rings. The molecule has 1 atom stereocenters. The zero-order valence-corrected chi connectivity index (χ0v) is 15.1. The van der Waals surface area contributed by atoms with Gasteiger partial charge in [0, 0.05) is 51.0 Å². The number of nitrogens with zero attached hydrogens (tertiary/aromatic N) is 4. The van der Waals surface area contributed by atoms with Crippen molar-refractivity contribution in [3.63, 3.8) is 0 Å². The number of ether oxygens (including phenoxy) is 1. The Kier molecular flexibility index (Phi) is 5.45. The summed E-state index contributed by atoms with van der Waals surface area (Å²) in [5.41, 5.74) is 0.652. The molecule has 2 aliphatic heterocycles. The van der Waals surface area contributed by atoms with Crippen molar-refractivity contribution in [1.29, 1.82) is 0 Å². The summed E-state index contributed by atoms with van der Waals surface area (Å²) in [6, 6.07) is 5.80. The normalized spacial score (nSPS) is 20.8. The van der Waals surface area contributed by atoms with Crippen LogP contribution in [0.15, 0.2) is 30.5 Å². The summed E-state index contributed by atoms with van der Waals surface area (Å²) in [5, 5.41) is 3.39. The molecular formula is C19H23F2N5O. The molecule has 1 aromatic carbocycles. The maximum Gasteiger partial charge on any atom is 0.224 e. The van der Waals surface area contributed by atoms with Gasteiger partial charge in [0.05, 0.1) is 13.2 Å². The van der Waals surface area contributed by atoms with Gasteiger partial charge in [-0.2, -0.15) is 4.98 Å². The van der Waals surface area contributed by atoms with Crippen LogP contribution >= 0.6 is 0 Å². The number of rotatable bonds is 5. The molecule has 4 rings (SSSR count). The first-order valence-corrected chi connectivity index (χ1v) is 9.25. The van der Waals surface area contributed by atoms with Crippen LogP contribution in [0.1, 0.15) is 12.0 Å². The van der Waals surface area contributed by atoms with Gasteiger partial charge in [0.15, 0.2) is 0 Å². The average Bonchev–Trinajstić information content (AvgIpc) is 3.08. The highest BCUT2D eigenvalue weighted by Gasteiger charge is 2.23. The third-order valence-corrected chi connectivity index (χ3v) is 4.91. The van der Waals surface area contributed by atoms with Crippen molar-refractivity contribution in [2.24, 2.45) is 0 Å². The van der Waals surface area contributed by atoms with Crippen molar-refractivity contribution in [2.75, 3.05) is 49.6 Å². The topological polar surface area (TPSA) is 53.5 Å². The van der Waals surface area contributed by atoms with Crippen molar-refractivity contribution in [1.82, 2.24) is 14.9 Å². The van der Waals surface area contributed by atoms with Crippen LogP contribution in [0.25, 0.3) is 0 Å². The van der Waals surface area contributed by atoms with Gasteiger partial charge in [-0.05, 0) is 30.2 Å². The van der Waals surface area contributed by atoms with Gasteiger partial charge in [-0.15, -0.1) is 0 Å². The maximum atomic E-state index is 13.4. The summed E-state index contributed by atoms with van der Waals surface area (Å²) < 4.78 is 32.1. The highest BCUT2D eigenvalue weighted by Crippen LogP contribution is 2.19. The molecule has 2 aliphatic rings. The molecule has 1 N–H and O–H groups in total. The molecule has 0 aliphatic carbocycles. The second-order valence-electron chi connectivity index (χ2n) is 6.98. The summed E-state index contributed by atoms with van der Waals surface area (Å²) in [6.07, 6.45) is 2.70. The largest absolute Gasteiger partial charge is 0.378 e. The van der Waals surface area contributed by atoms with E-state index in [9.17, 15) is 8.78 Å². The van der Waals surface area contributed by atoms with Gasteiger partial charge in [-0.25, -0.2) is 13.8 Å². The highest BCUT2D eigenvalue weighted by molar-refractivity contribution is 5.43. The van der Waals surface area contributed by atoms with Crippen LogP contribution in [0.5, 0.6) is 0 Å². The van der Waals surface area contributed by atoms with E-state index in [1.165, 1.54) is 12.1 Å². The second-order valence-corrected chi connectivity index (χ2v) is 6.98. The van der Waals surface area contributed by atoms with Gasteiger partial charge in [0.2, 0.25) is 5.95 Å². The monoisotopic (exact) mass is 375 g/mol. The third kappa shape index (κ3) is 4.70. The van der Waals surface area contributed by atoms with Crippen molar-refractivity contribution in [3.05, 3.63) is 47.7 Å². The Morgan fingerprint density at radius 2 is 1.89 bits per heavy atom. The lowest BCUT2D eigenvalue weighted by Crippen LogP contribution is -2.37. The minimum absolute atomic E-state index is 0.211. The van der Waals surface area contributed by atoms with Gasteiger partial charge >= 0.3 is 0 Å². The van der Waals surface area contributed by atoms with Crippen LogP contribution in [0.4, 0.5) is 20.5 Å². The number of nitrogens with one attached hydrogen (secondary N) is 1. The van der Waals surface area contributed by atoms with Crippen molar-refractivity contribution in [3.8, 4) is 0 Å². The predicted molar refractivity (Wildman–Crippen MR) is 98.7 cm³/mol. The predicted octanol–water partition coefficient (Wildman–Crippen LogP) is 2.28. The first kappa shape index (κ1) is 18.1. The number of likely N-dealkylation sites (tertiary alicyclic amines) is 1. The number of hydrogen-bond acceptors (Lipinski definition) is 6. The molecule has 0 radical (unpaired) electrons. The van der Waals surface area contributed by atoms with E-state index >= 15 is 0 Å².